The highest BCUT2D eigenvalue weighted by Gasteiger charge is 2.49. The van der Waals surface area contributed by atoms with Gasteiger partial charge in [0.25, 0.3) is 11.8 Å². The molecule has 64 heavy (non-hydrogen) atoms. The van der Waals surface area contributed by atoms with Crippen LogP contribution in [0.4, 0.5) is 0 Å². The van der Waals surface area contributed by atoms with Crippen molar-refractivity contribution in [3.63, 3.8) is 0 Å². The van der Waals surface area contributed by atoms with E-state index in [4.69, 9.17) is 0 Å². The molecule has 6 aromatic heterocycles. The molecule has 2 aliphatic heterocycles. The molecule has 0 atom stereocenters. The van der Waals surface area contributed by atoms with Crippen molar-refractivity contribution < 1.29 is 9.59 Å². The third-order valence-electron chi connectivity index (χ3n) is 13.1. The first-order valence-electron chi connectivity index (χ1n) is 24.8. The number of aryl methyl sites for hydroxylation is 2. The SMILES string of the molecule is CCCCCCCCN1C(=O)C2=C(c3ccc(-c4cc5scc(CCCCCC)c5s4)s3)N(CCCCCCCC)C(=O)C2=C1c1ccc(-c2cc3scc(CCCCCC)c3s2)s1. The van der Waals surface area contributed by atoms with Gasteiger partial charge in [-0.05, 0) is 96.8 Å². The van der Waals surface area contributed by atoms with Crippen LogP contribution in [0, 0.1) is 0 Å². The molecule has 6 aromatic rings. The fraction of sp³-hybridized carbons (Fsp3) is 0.519. The summed E-state index contributed by atoms with van der Waals surface area (Å²) in [4.78, 5) is 41.4. The Balaban J connectivity index is 1.14. The van der Waals surface area contributed by atoms with Gasteiger partial charge in [0.1, 0.15) is 0 Å². The molecule has 342 valence electrons. The van der Waals surface area contributed by atoms with Crippen LogP contribution >= 0.6 is 68.0 Å². The highest BCUT2D eigenvalue weighted by molar-refractivity contribution is 7.31. The first-order chi connectivity index (χ1) is 31.4. The molecule has 2 amide bonds. The highest BCUT2D eigenvalue weighted by Crippen LogP contribution is 2.52. The maximum Gasteiger partial charge on any atom is 0.261 e. The first-order valence-corrected chi connectivity index (χ1v) is 29.8. The summed E-state index contributed by atoms with van der Waals surface area (Å²) in [5, 5.41) is 4.74. The van der Waals surface area contributed by atoms with Crippen molar-refractivity contribution in [3.8, 4) is 19.5 Å². The Hall–Kier alpha value is -2.86. The largest absolute Gasteiger partial charge is 0.306 e. The monoisotopic (exact) mass is 968 g/mol. The summed E-state index contributed by atoms with van der Waals surface area (Å²) >= 11 is 11.1. The van der Waals surface area contributed by atoms with Gasteiger partial charge in [0.15, 0.2) is 0 Å². The lowest BCUT2D eigenvalue weighted by Gasteiger charge is -2.24. The third kappa shape index (κ3) is 10.6. The van der Waals surface area contributed by atoms with Gasteiger partial charge < -0.3 is 9.80 Å². The van der Waals surface area contributed by atoms with Crippen LogP contribution in [-0.4, -0.2) is 34.7 Å². The second-order valence-electron chi connectivity index (χ2n) is 18.0. The van der Waals surface area contributed by atoms with E-state index in [1.807, 2.05) is 55.1 Å². The van der Waals surface area contributed by atoms with Gasteiger partial charge in [-0.25, -0.2) is 0 Å². The number of rotatable bonds is 28. The molecule has 0 aromatic carbocycles. The predicted octanol–water partition coefficient (Wildman–Crippen LogP) is 18.5. The minimum absolute atomic E-state index is 0.00552. The van der Waals surface area contributed by atoms with Gasteiger partial charge in [-0.2, -0.15) is 0 Å². The van der Waals surface area contributed by atoms with Crippen LogP contribution in [0.2, 0.25) is 0 Å². The van der Waals surface area contributed by atoms with E-state index in [9.17, 15) is 0 Å². The number of carbonyl (C=O) groups is 2. The minimum Gasteiger partial charge on any atom is -0.306 e. The van der Waals surface area contributed by atoms with Crippen LogP contribution in [0.15, 0.2) is 58.3 Å². The van der Waals surface area contributed by atoms with Crippen LogP contribution in [0.3, 0.4) is 0 Å². The number of carbonyl (C=O) groups excluding carboxylic acids is 2. The maximum atomic E-state index is 15.2. The van der Waals surface area contributed by atoms with Gasteiger partial charge in [0.2, 0.25) is 0 Å². The normalized spacial score (nSPS) is 14.4. The Bertz CT molecular complexity index is 2370. The predicted molar refractivity (Wildman–Crippen MR) is 286 cm³/mol. The summed E-state index contributed by atoms with van der Waals surface area (Å²) in [5.74, 6) is 0.0110. The fourth-order valence-corrected chi connectivity index (χ4v) is 16.6. The smallest absolute Gasteiger partial charge is 0.261 e. The van der Waals surface area contributed by atoms with Crippen molar-refractivity contribution >= 4 is 110 Å². The third-order valence-corrected chi connectivity index (χ3v) is 20.3. The van der Waals surface area contributed by atoms with Gasteiger partial charge in [0, 0.05) is 51.4 Å². The number of fused-ring (bicyclic) bond motifs is 3. The maximum absolute atomic E-state index is 15.2. The standard InChI is InChI=1S/C54H68N2O2S6/c1-5-9-13-17-19-23-31-55-49(41-29-27-39(61-41)43-33-45-51(63-43)37(35-59-45)25-21-15-11-7-3)47-48(53(55)57)50(56(54(47)58)32-24-20-18-14-10-6-2)42-30-28-40(62-42)44-34-46-52(64-44)38(36-60-46)26-22-16-12-8-4/h27-30,33-36H,5-26,31-32H2,1-4H3. The van der Waals surface area contributed by atoms with Crippen LogP contribution in [-0.2, 0) is 22.4 Å². The number of hydrogen-bond acceptors (Lipinski definition) is 8. The molecular weight excluding hydrogens is 901 g/mol. The van der Waals surface area contributed by atoms with E-state index in [2.05, 4.69) is 74.9 Å². The molecule has 0 saturated carbocycles. The van der Waals surface area contributed by atoms with E-state index >= 15 is 9.59 Å². The molecule has 0 spiro atoms. The van der Waals surface area contributed by atoms with Crippen molar-refractivity contribution in [3.05, 3.63) is 79.2 Å². The Kier molecular flexibility index (Phi) is 17.3. The lowest BCUT2D eigenvalue weighted by Crippen LogP contribution is -2.30. The highest BCUT2D eigenvalue weighted by atomic mass is 32.1. The number of thiophene rings is 6. The molecule has 0 unspecified atom stereocenters. The number of unbranched alkanes of at least 4 members (excludes halogenated alkanes) is 16. The number of hydrogen-bond donors (Lipinski definition) is 0. The molecule has 2 aliphatic rings. The summed E-state index contributed by atoms with van der Waals surface area (Å²) in [6.45, 7) is 10.3. The second-order valence-corrected chi connectivity index (χ2v) is 24.1. The zero-order valence-corrected chi connectivity index (χ0v) is 43.6. The van der Waals surface area contributed by atoms with Gasteiger partial charge >= 0.3 is 0 Å². The average Bonchev–Trinajstić information content (AvgIpc) is 4.16. The molecule has 0 bridgehead atoms. The zero-order valence-electron chi connectivity index (χ0n) is 38.7. The summed E-state index contributed by atoms with van der Waals surface area (Å²) in [5.41, 5.74) is 5.92. The van der Waals surface area contributed by atoms with Crippen molar-refractivity contribution in [1.82, 2.24) is 9.80 Å². The summed E-state index contributed by atoms with van der Waals surface area (Å²) < 4.78 is 5.60. The molecule has 8 heterocycles. The van der Waals surface area contributed by atoms with E-state index in [0.29, 0.717) is 24.2 Å². The molecule has 8 rings (SSSR count). The topological polar surface area (TPSA) is 40.6 Å². The van der Waals surface area contributed by atoms with Crippen LogP contribution in [0.25, 0.3) is 49.7 Å². The molecule has 0 saturated heterocycles. The summed E-state index contributed by atoms with van der Waals surface area (Å²) in [6, 6.07) is 13.6. The molecule has 4 nitrogen and oxygen atoms in total. The number of nitrogens with zero attached hydrogens (tertiary/aromatic N) is 2. The Morgan fingerprint density at radius 1 is 0.406 bits per heavy atom. The van der Waals surface area contributed by atoms with Gasteiger partial charge in [0.05, 0.1) is 32.3 Å². The van der Waals surface area contributed by atoms with E-state index in [-0.39, 0.29) is 11.8 Å². The fourth-order valence-electron chi connectivity index (χ4n) is 9.45. The molecule has 10 heteroatoms. The molecule has 0 aliphatic carbocycles. The average molecular weight is 970 g/mol. The quantitative estimate of drug-likeness (QED) is 0.0460. The lowest BCUT2D eigenvalue weighted by molar-refractivity contribution is -0.124. The molecule has 0 N–H and O–H groups in total. The summed E-state index contributed by atoms with van der Waals surface area (Å²) in [6.07, 6.45) is 26.3. The van der Waals surface area contributed by atoms with Crippen LogP contribution < -0.4 is 0 Å². The van der Waals surface area contributed by atoms with Crippen LogP contribution in [0.5, 0.6) is 0 Å². The van der Waals surface area contributed by atoms with Gasteiger partial charge in [-0.3, -0.25) is 9.59 Å². The number of amides is 2. The summed E-state index contributed by atoms with van der Waals surface area (Å²) in [7, 11) is 0. The lowest BCUT2D eigenvalue weighted by atomic mass is 10.1. The van der Waals surface area contributed by atoms with Crippen LogP contribution in [0.1, 0.15) is 177 Å². The Morgan fingerprint density at radius 3 is 1.17 bits per heavy atom. The zero-order chi connectivity index (χ0) is 44.4. The minimum atomic E-state index is 0.00552. The van der Waals surface area contributed by atoms with Crippen molar-refractivity contribution in [2.75, 3.05) is 13.1 Å². The van der Waals surface area contributed by atoms with E-state index in [0.717, 1.165) is 59.7 Å². The van der Waals surface area contributed by atoms with Crippen molar-refractivity contribution in [2.24, 2.45) is 0 Å². The second kappa shape index (κ2) is 23.2. The van der Waals surface area contributed by atoms with E-state index < -0.39 is 0 Å². The Morgan fingerprint density at radius 2 is 0.766 bits per heavy atom. The van der Waals surface area contributed by atoms with Crippen molar-refractivity contribution in [2.45, 2.75) is 169 Å². The molecule has 0 fully saturated rings. The molecular formula is C54H68N2O2S6. The van der Waals surface area contributed by atoms with E-state index in [1.165, 1.54) is 152 Å². The van der Waals surface area contributed by atoms with Crippen molar-refractivity contribution in [1.29, 1.82) is 0 Å². The van der Waals surface area contributed by atoms with E-state index in [1.54, 1.807) is 22.7 Å². The van der Waals surface area contributed by atoms with Gasteiger partial charge in [-0.1, -0.05) is 130 Å². The Labute approximate surface area is 407 Å². The first kappa shape index (κ1) is 47.6. The van der Waals surface area contributed by atoms with Gasteiger partial charge in [-0.15, -0.1) is 68.0 Å². The molecule has 0 radical (unpaired) electrons.